The van der Waals surface area contributed by atoms with Crippen LogP contribution in [0.3, 0.4) is 0 Å². The van der Waals surface area contributed by atoms with Crippen molar-refractivity contribution in [2.24, 2.45) is 0 Å². The molecule has 0 saturated heterocycles. The Morgan fingerprint density at radius 3 is 2.60 bits per heavy atom. The molecule has 0 aliphatic rings. The Hall–Kier alpha value is -1.35. The van der Waals surface area contributed by atoms with E-state index in [-0.39, 0.29) is 11.9 Å². The summed E-state index contributed by atoms with van der Waals surface area (Å²) in [6.07, 6.45) is 0. The Bertz CT molecular complexity index is 361. The first-order chi connectivity index (χ1) is 7.06. The van der Waals surface area contributed by atoms with Gasteiger partial charge >= 0.3 is 0 Å². The molecule has 0 spiro atoms. The van der Waals surface area contributed by atoms with E-state index in [1.54, 1.807) is 7.05 Å². The lowest BCUT2D eigenvalue weighted by Gasteiger charge is -2.13. The second kappa shape index (κ2) is 4.94. The van der Waals surface area contributed by atoms with Crippen molar-refractivity contribution in [3.63, 3.8) is 0 Å². The summed E-state index contributed by atoms with van der Waals surface area (Å²) in [5.74, 6) is -0.00815. The number of carbonyl (C=O) groups is 1. The van der Waals surface area contributed by atoms with Crippen LogP contribution in [0.15, 0.2) is 18.2 Å². The molecule has 1 rings (SSSR count). The number of hydrogen-bond acceptors (Lipinski definition) is 2. The predicted octanol–water partition coefficient (Wildman–Crippen LogP) is 1.85. The van der Waals surface area contributed by atoms with Crippen LogP contribution in [0.4, 0.5) is 5.69 Å². The highest BCUT2D eigenvalue weighted by Gasteiger charge is 2.11. The molecule has 1 aromatic rings. The number of rotatable bonds is 3. The smallest absolute Gasteiger partial charge is 0.241 e. The third-order valence-electron chi connectivity index (χ3n) is 2.69. The maximum atomic E-state index is 11.6. The van der Waals surface area contributed by atoms with Crippen LogP contribution in [-0.2, 0) is 4.79 Å². The van der Waals surface area contributed by atoms with E-state index in [1.807, 2.05) is 39.0 Å². The lowest BCUT2D eigenvalue weighted by molar-refractivity contribution is -0.117. The molecule has 1 aromatic carbocycles. The number of anilines is 1. The van der Waals surface area contributed by atoms with Crippen molar-refractivity contribution in [1.82, 2.24) is 5.32 Å². The van der Waals surface area contributed by atoms with E-state index < -0.39 is 0 Å². The van der Waals surface area contributed by atoms with E-state index in [9.17, 15) is 4.79 Å². The van der Waals surface area contributed by atoms with Crippen LogP contribution in [0, 0.1) is 13.8 Å². The van der Waals surface area contributed by atoms with Gasteiger partial charge in [0.15, 0.2) is 0 Å². The maximum absolute atomic E-state index is 11.6. The summed E-state index contributed by atoms with van der Waals surface area (Å²) < 4.78 is 0. The van der Waals surface area contributed by atoms with Crippen LogP contribution < -0.4 is 10.6 Å². The Morgan fingerprint density at radius 1 is 1.33 bits per heavy atom. The summed E-state index contributed by atoms with van der Waals surface area (Å²) in [7, 11) is 1.77. The van der Waals surface area contributed by atoms with E-state index in [0.29, 0.717) is 0 Å². The van der Waals surface area contributed by atoms with Gasteiger partial charge in [-0.25, -0.2) is 0 Å². The fourth-order valence-corrected chi connectivity index (χ4v) is 1.26. The minimum atomic E-state index is -0.176. The van der Waals surface area contributed by atoms with E-state index in [1.165, 1.54) is 5.56 Å². The molecule has 0 aliphatic heterocycles. The van der Waals surface area contributed by atoms with Crippen molar-refractivity contribution >= 4 is 11.6 Å². The number of hydrogen-bond donors (Lipinski definition) is 2. The van der Waals surface area contributed by atoms with Crippen molar-refractivity contribution < 1.29 is 4.79 Å². The molecule has 15 heavy (non-hydrogen) atoms. The third kappa shape index (κ3) is 2.80. The minimum absolute atomic E-state index is 0.00815. The quantitative estimate of drug-likeness (QED) is 0.792. The van der Waals surface area contributed by atoms with Crippen molar-refractivity contribution in [1.29, 1.82) is 0 Å². The number of likely N-dealkylation sites (N-methyl/N-ethyl adjacent to an activating group) is 1. The zero-order valence-corrected chi connectivity index (χ0v) is 9.72. The molecular formula is C12H18N2O. The maximum Gasteiger partial charge on any atom is 0.241 e. The molecule has 1 amide bonds. The third-order valence-corrected chi connectivity index (χ3v) is 2.69. The van der Waals surface area contributed by atoms with E-state index in [2.05, 4.69) is 10.6 Å². The van der Waals surface area contributed by atoms with Crippen LogP contribution in [-0.4, -0.2) is 19.0 Å². The van der Waals surface area contributed by atoms with Crippen LogP contribution in [0.25, 0.3) is 0 Å². The molecule has 0 radical (unpaired) electrons. The van der Waals surface area contributed by atoms with Crippen LogP contribution in [0.2, 0.25) is 0 Å². The zero-order valence-electron chi connectivity index (χ0n) is 9.72. The number of aryl methyl sites for hydroxylation is 1. The van der Waals surface area contributed by atoms with Gasteiger partial charge in [0.2, 0.25) is 5.91 Å². The van der Waals surface area contributed by atoms with Crippen LogP contribution >= 0.6 is 0 Å². The molecule has 0 bridgehead atoms. The second-order valence-corrected chi connectivity index (χ2v) is 3.75. The molecular weight excluding hydrogens is 188 g/mol. The highest BCUT2D eigenvalue weighted by atomic mass is 16.2. The summed E-state index contributed by atoms with van der Waals surface area (Å²) in [5, 5.41) is 5.81. The lowest BCUT2D eigenvalue weighted by Crippen LogP contribution is -2.35. The molecule has 82 valence electrons. The highest BCUT2D eigenvalue weighted by molar-refractivity contribution is 5.95. The summed E-state index contributed by atoms with van der Waals surface area (Å²) in [5.41, 5.74) is 3.20. The normalized spacial score (nSPS) is 12.3. The second-order valence-electron chi connectivity index (χ2n) is 3.75. The fraction of sp³-hybridized carbons (Fsp3) is 0.417. The Morgan fingerprint density at radius 2 is 2.00 bits per heavy atom. The standard InChI is InChI=1S/C12H18N2O/c1-8-6-5-7-11(9(8)2)14-12(15)10(3)13-4/h5-7,10,13H,1-4H3,(H,14,15)/t10-/m0/s1. The van der Waals surface area contributed by atoms with E-state index in [0.717, 1.165) is 11.3 Å². The lowest BCUT2D eigenvalue weighted by atomic mass is 10.1. The molecule has 0 unspecified atom stereocenters. The number of amides is 1. The van der Waals surface area contributed by atoms with E-state index in [4.69, 9.17) is 0 Å². The first kappa shape index (κ1) is 11.7. The van der Waals surface area contributed by atoms with Gasteiger partial charge in [-0.1, -0.05) is 12.1 Å². The predicted molar refractivity (Wildman–Crippen MR) is 63.1 cm³/mol. The SMILES string of the molecule is CN[C@@H](C)C(=O)Nc1cccc(C)c1C. The monoisotopic (exact) mass is 206 g/mol. The molecule has 2 N–H and O–H groups in total. The van der Waals surface area contributed by atoms with Crippen LogP contribution in [0.5, 0.6) is 0 Å². The molecule has 3 nitrogen and oxygen atoms in total. The Balaban J connectivity index is 2.81. The van der Waals surface area contributed by atoms with Gasteiger partial charge in [-0.3, -0.25) is 4.79 Å². The largest absolute Gasteiger partial charge is 0.324 e. The summed E-state index contributed by atoms with van der Waals surface area (Å²) >= 11 is 0. The summed E-state index contributed by atoms with van der Waals surface area (Å²) in [4.78, 5) is 11.6. The van der Waals surface area contributed by atoms with Crippen molar-refractivity contribution in [3.05, 3.63) is 29.3 Å². The average molecular weight is 206 g/mol. The fourth-order valence-electron chi connectivity index (χ4n) is 1.26. The molecule has 3 heteroatoms. The minimum Gasteiger partial charge on any atom is -0.324 e. The van der Waals surface area contributed by atoms with Crippen molar-refractivity contribution in [2.45, 2.75) is 26.8 Å². The summed E-state index contributed by atoms with van der Waals surface area (Å²) in [6.45, 7) is 5.88. The van der Waals surface area contributed by atoms with Crippen molar-refractivity contribution in [3.8, 4) is 0 Å². The van der Waals surface area contributed by atoms with Gasteiger partial charge in [0.25, 0.3) is 0 Å². The number of carbonyl (C=O) groups excluding carboxylic acids is 1. The van der Waals surface area contributed by atoms with Crippen LogP contribution in [0.1, 0.15) is 18.1 Å². The Kier molecular flexibility index (Phi) is 3.86. The van der Waals surface area contributed by atoms with E-state index >= 15 is 0 Å². The summed E-state index contributed by atoms with van der Waals surface area (Å²) in [6, 6.07) is 5.72. The van der Waals surface area contributed by atoms with Gasteiger partial charge in [0, 0.05) is 5.69 Å². The molecule has 0 heterocycles. The molecule has 0 fully saturated rings. The van der Waals surface area contributed by atoms with Gasteiger partial charge in [0.05, 0.1) is 6.04 Å². The molecule has 1 atom stereocenters. The number of nitrogens with one attached hydrogen (secondary N) is 2. The zero-order chi connectivity index (χ0) is 11.4. The van der Waals surface area contributed by atoms with Gasteiger partial charge in [-0.15, -0.1) is 0 Å². The molecule has 0 saturated carbocycles. The van der Waals surface area contributed by atoms with Gasteiger partial charge in [-0.2, -0.15) is 0 Å². The first-order valence-electron chi connectivity index (χ1n) is 5.10. The van der Waals surface area contributed by atoms with Crippen molar-refractivity contribution in [2.75, 3.05) is 12.4 Å². The average Bonchev–Trinajstić information content (AvgIpc) is 2.23. The first-order valence-corrected chi connectivity index (χ1v) is 5.10. The number of benzene rings is 1. The molecule has 0 aliphatic carbocycles. The highest BCUT2D eigenvalue weighted by Crippen LogP contribution is 2.17. The van der Waals surface area contributed by atoms with Gasteiger partial charge in [0.1, 0.15) is 0 Å². The Labute approximate surface area is 90.9 Å². The van der Waals surface area contributed by atoms with Gasteiger partial charge < -0.3 is 10.6 Å². The topological polar surface area (TPSA) is 41.1 Å². The van der Waals surface area contributed by atoms with Gasteiger partial charge in [-0.05, 0) is 45.0 Å². The molecule has 0 aromatic heterocycles.